The van der Waals surface area contributed by atoms with Gasteiger partial charge in [-0.1, -0.05) is 12.7 Å². The average Bonchev–Trinajstić information content (AvgIpc) is 1.82. The minimum atomic E-state index is -0.556. The van der Waals surface area contributed by atoms with Gasteiger partial charge in [0.1, 0.15) is 6.61 Å². The summed E-state index contributed by atoms with van der Waals surface area (Å²) in [6.45, 7) is 4.92. The van der Waals surface area contributed by atoms with E-state index in [1.807, 2.05) is 0 Å². The second-order valence-corrected chi connectivity index (χ2v) is 1.70. The minimum Gasteiger partial charge on any atom is -0.512 e. The second kappa shape index (κ2) is 10.5. The summed E-state index contributed by atoms with van der Waals surface area (Å²) in [5, 5.41) is 8.56. The molecule has 0 unspecified atom stereocenters. The summed E-state index contributed by atoms with van der Waals surface area (Å²) in [6, 6.07) is 0. The number of hydrogen-bond acceptors (Lipinski definition) is 3. The van der Waals surface area contributed by atoms with Crippen LogP contribution in [-0.4, -0.2) is 17.7 Å². The molecule has 68 valence electrons. The van der Waals surface area contributed by atoms with Gasteiger partial charge in [0.2, 0.25) is 0 Å². The molecule has 4 heteroatoms. The third-order valence-corrected chi connectivity index (χ3v) is 0.670. The number of aliphatic hydroxyl groups excluding tert-OH is 1. The van der Waals surface area contributed by atoms with Gasteiger partial charge in [-0.25, -0.2) is 4.79 Å². The molecule has 0 rings (SSSR count). The summed E-state index contributed by atoms with van der Waals surface area (Å²) in [5.74, 6) is -0.617. The van der Waals surface area contributed by atoms with Crippen LogP contribution >= 0.6 is 0 Å². The summed E-state index contributed by atoms with van der Waals surface area (Å²) in [7, 11) is 0. The Hall–Kier alpha value is -0.536. The first-order valence-corrected chi connectivity index (χ1v) is 2.81. The topological polar surface area (TPSA) is 46.5 Å². The van der Waals surface area contributed by atoms with Crippen molar-refractivity contribution in [2.45, 2.75) is 6.92 Å². The van der Waals surface area contributed by atoms with E-state index in [4.69, 9.17) is 5.11 Å². The van der Waals surface area contributed by atoms with Crippen LogP contribution < -0.4 is 0 Å². The molecule has 0 aliphatic carbocycles. The number of carbonyl (C=O) groups is 1. The number of allylic oxidation sites excluding steroid dienone is 1. The van der Waals surface area contributed by atoms with Gasteiger partial charge >= 0.3 is 5.97 Å². The Balaban J connectivity index is -0.000000405. The Kier molecular flexibility index (Phi) is 15.3. The van der Waals surface area contributed by atoms with Crippen molar-refractivity contribution in [3.8, 4) is 0 Å². The average molecular weight is 205 g/mol. The Morgan fingerprint density at radius 3 is 2.50 bits per heavy atom. The first-order chi connectivity index (χ1) is 4.66. The van der Waals surface area contributed by atoms with Crippen LogP contribution in [0, 0.1) is 7.43 Å². The van der Waals surface area contributed by atoms with Crippen molar-refractivity contribution in [1.29, 1.82) is 0 Å². The normalized spacial score (nSPS) is 8.92. The number of carbonyl (C=O) groups excluding carboxylic acids is 1. The van der Waals surface area contributed by atoms with Gasteiger partial charge in [0, 0.05) is 21.7 Å². The molecule has 0 radical (unpaired) electrons. The summed E-state index contributed by atoms with van der Waals surface area (Å²) in [6.07, 6.45) is 2.46. The van der Waals surface area contributed by atoms with E-state index in [-0.39, 0.29) is 41.5 Å². The number of rotatable bonds is 3. The molecular weight excluding hydrogens is 192 g/mol. The maximum atomic E-state index is 10.5. The van der Waals surface area contributed by atoms with Crippen molar-refractivity contribution in [3.05, 3.63) is 31.9 Å². The van der Waals surface area contributed by atoms with E-state index in [0.717, 1.165) is 6.08 Å². The van der Waals surface area contributed by atoms with Gasteiger partial charge in [0.05, 0.1) is 11.8 Å². The molecule has 0 spiro atoms. The zero-order chi connectivity index (χ0) is 7.98. The van der Waals surface area contributed by atoms with Gasteiger partial charge in [0.25, 0.3) is 0 Å². The molecule has 0 saturated carbocycles. The van der Waals surface area contributed by atoms with Crippen molar-refractivity contribution >= 4 is 5.97 Å². The van der Waals surface area contributed by atoms with Crippen LogP contribution in [0.5, 0.6) is 0 Å². The number of hydrogen-bond donors (Lipinski definition) is 1. The molecule has 0 heterocycles. The van der Waals surface area contributed by atoms with Gasteiger partial charge < -0.3 is 17.3 Å². The molecular formula is C8H13O3Ti-. The smallest absolute Gasteiger partial charge is 0.334 e. The van der Waals surface area contributed by atoms with Crippen molar-refractivity contribution in [3.63, 3.8) is 0 Å². The maximum Gasteiger partial charge on any atom is 0.334 e. The van der Waals surface area contributed by atoms with Crippen LogP contribution in [0.2, 0.25) is 0 Å². The standard InChI is InChI=1S/C7H10O3.CH3.Ti/c1-3-4-10-7(9)5-6(2)8;;/h3,5,8H,1,4H2,2H3;1H3;/q;-1;/b6-5-;;. The zero-order valence-electron chi connectivity index (χ0n) is 7.33. The number of ether oxygens (including phenoxy) is 1. The third kappa shape index (κ3) is 12.2. The molecule has 0 aliphatic rings. The van der Waals surface area contributed by atoms with E-state index < -0.39 is 5.97 Å². The molecule has 0 aliphatic heterocycles. The monoisotopic (exact) mass is 205 g/mol. The van der Waals surface area contributed by atoms with Crippen LogP contribution in [0.3, 0.4) is 0 Å². The molecule has 0 aromatic heterocycles. The Bertz CT molecular complexity index is 160. The Morgan fingerprint density at radius 1 is 1.67 bits per heavy atom. The molecule has 0 fully saturated rings. The van der Waals surface area contributed by atoms with Gasteiger partial charge in [0.15, 0.2) is 0 Å². The zero-order valence-corrected chi connectivity index (χ0v) is 8.89. The number of esters is 1. The fraction of sp³-hybridized carbons (Fsp3) is 0.250. The van der Waals surface area contributed by atoms with E-state index >= 15 is 0 Å². The second-order valence-electron chi connectivity index (χ2n) is 1.70. The quantitative estimate of drug-likeness (QED) is 0.190. The number of aliphatic hydroxyl groups is 1. The molecule has 3 nitrogen and oxygen atoms in total. The van der Waals surface area contributed by atoms with Crippen LogP contribution in [0.15, 0.2) is 24.5 Å². The summed E-state index contributed by atoms with van der Waals surface area (Å²) in [5.41, 5.74) is 0. The Morgan fingerprint density at radius 2 is 2.17 bits per heavy atom. The molecule has 0 aromatic rings. The maximum absolute atomic E-state index is 10.5. The summed E-state index contributed by atoms with van der Waals surface area (Å²) in [4.78, 5) is 10.5. The Labute approximate surface area is 88.0 Å². The fourth-order valence-corrected chi connectivity index (χ4v) is 0.353. The van der Waals surface area contributed by atoms with Crippen molar-refractivity contribution < 1.29 is 36.4 Å². The molecule has 1 N–H and O–H groups in total. The predicted octanol–water partition coefficient (Wildman–Crippen LogP) is 1.63. The van der Waals surface area contributed by atoms with E-state index in [9.17, 15) is 4.79 Å². The molecule has 0 aromatic carbocycles. The van der Waals surface area contributed by atoms with Gasteiger partial charge in [-0.3, -0.25) is 0 Å². The third-order valence-electron chi connectivity index (χ3n) is 0.670. The van der Waals surface area contributed by atoms with E-state index in [1.54, 1.807) is 0 Å². The van der Waals surface area contributed by atoms with Crippen molar-refractivity contribution in [2.75, 3.05) is 6.61 Å². The molecule has 0 saturated heterocycles. The van der Waals surface area contributed by atoms with E-state index in [0.29, 0.717) is 0 Å². The van der Waals surface area contributed by atoms with Crippen molar-refractivity contribution in [2.24, 2.45) is 0 Å². The van der Waals surface area contributed by atoms with Gasteiger partial charge in [-0.15, -0.1) is 0 Å². The van der Waals surface area contributed by atoms with E-state index in [2.05, 4.69) is 11.3 Å². The fourth-order valence-electron chi connectivity index (χ4n) is 0.353. The summed E-state index contributed by atoms with van der Waals surface area (Å²) >= 11 is 0. The molecule has 0 amide bonds. The van der Waals surface area contributed by atoms with Crippen LogP contribution in [-0.2, 0) is 31.2 Å². The molecule has 12 heavy (non-hydrogen) atoms. The first kappa shape index (κ1) is 17.5. The van der Waals surface area contributed by atoms with Crippen molar-refractivity contribution in [1.82, 2.24) is 0 Å². The molecule has 0 atom stereocenters. The van der Waals surface area contributed by atoms with Crippen LogP contribution in [0.25, 0.3) is 0 Å². The first-order valence-electron chi connectivity index (χ1n) is 2.81. The minimum absolute atomic E-state index is 0. The summed E-state index contributed by atoms with van der Waals surface area (Å²) < 4.78 is 4.51. The van der Waals surface area contributed by atoms with Gasteiger partial charge in [-0.05, 0) is 6.92 Å². The van der Waals surface area contributed by atoms with Crippen LogP contribution in [0.4, 0.5) is 0 Å². The van der Waals surface area contributed by atoms with Gasteiger partial charge in [-0.2, -0.15) is 0 Å². The SMILES string of the molecule is C=CCOC(=O)/C=C(/C)O.[CH3-].[Ti]. The van der Waals surface area contributed by atoms with Crippen LogP contribution in [0.1, 0.15) is 6.92 Å². The molecule has 0 bridgehead atoms. The van der Waals surface area contributed by atoms with E-state index in [1.165, 1.54) is 13.0 Å². The predicted molar refractivity (Wildman–Crippen MR) is 44.0 cm³/mol. The largest absolute Gasteiger partial charge is 0.512 e.